The predicted octanol–water partition coefficient (Wildman–Crippen LogP) is 10.7. The number of benzene rings is 1. The molecule has 59 heavy (non-hydrogen) atoms. The minimum atomic E-state index is -0.705. The van der Waals surface area contributed by atoms with E-state index < -0.39 is 12.3 Å². The van der Waals surface area contributed by atoms with Gasteiger partial charge in [0.1, 0.15) is 35.9 Å². The summed E-state index contributed by atoms with van der Waals surface area (Å²) < 4.78 is 54.5. The monoisotopic (exact) mass is 811 g/mol. The van der Waals surface area contributed by atoms with E-state index in [9.17, 15) is 9.18 Å². The number of hydrogen-bond donors (Lipinski definition) is 0. The third-order valence-corrected chi connectivity index (χ3v) is 18.6. The van der Waals surface area contributed by atoms with E-state index in [1.165, 1.54) is 54.6 Å². The molecule has 3 aliphatic heterocycles. The molecule has 0 N–H and O–H groups in total. The number of rotatable bonds is 5. The van der Waals surface area contributed by atoms with Gasteiger partial charge in [0.2, 0.25) is 0 Å². The molecule has 8 fully saturated rings. The number of carbonyl (C=O) groups excluding carboxylic acids is 1. The molecule has 6 nitrogen and oxygen atoms in total. The molecule has 1 aromatic carbocycles. The zero-order valence-corrected chi connectivity index (χ0v) is 35.7. The number of piperidine rings is 1. The summed E-state index contributed by atoms with van der Waals surface area (Å²) in [4.78, 5) is 14.7. The van der Waals surface area contributed by atoms with Gasteiger partial charge < -0.3 is 18.9 Å². The second-order valence-electron chi connectivity index (χ2n) is 21.3. The van der Waals surface area contributed by atoms with Gasteiger partial charge in [-0.05, 0) is 167 Å². The van der Waals surface area contributed by atoms with Gasteiger partial charge >= 0.3 is 0 Å². The van der Waals surface area contributed by atoms with E-state index in [-0.39, 0.29) is 39.5 Å². The lowest BCUT2D eigenvalue weighted by atomic mass is 9.53. The van der Waals surface area contributed by atoms with Crippen LogP contribution >= 0.6 is 0 Å². The normalized spacial score (nSPS) is 44.1. The highest BCUT2D eigenvalue weighted by Gasteiger charge is 2.79. The smallest absolute Gasteiger partial charge is 0.171 e. The van der Waals surface area contributed by atoms with Gasteiger partial charge in [0.15, 0.2) is 11.6 Å². The highest BCUT2D eigenvalue weighted by Crippen LogP contribution is 2.73. The van der Waals surface area contributed by atoms with Crippen molar-refractivity contribution < 1.29 is 32.5 Å². The molecule has 0 amide bonds. The van der Waals surface area contributed by atoms with Crippen LogP contribution in [-0.2, 0) is 19.0 Å². The first-order valence-corrected chi connectivity index (χ1v) is 23.9. The number of ketones is 1. The number of epoxide rings is 1. The molecule has 3 saturated heterocycles. The molecule has 0 radical (unpaired) electrons. The molecule has 12 rings (SSSR count). The zero-order valence-electron chi connectivity index (χ0n) is 35.7. The van der Waals surface area contributed by atoms with Crippen molar-refractivity contribution in [1.29, 1.82) is 0 Å². The molecule has 0 bridgehead atoms. The lowest BCUT2D eigenvalue weighted by Gasteiger charge is -2.51. The average Bonchev–Trinajstić information content (AvgIpc) is 3.38. The fraction of sp³-hybridized carbons (Fsp3) is 0.745. The first-order valence-electron chi connectivity index (χ1n) is 23.9. The van der Waals surface area contributed by atoms with Crippen LogP contribution in [0.2, 0.25) is 0 Å². The fourth-order valence-electron chi connectivity index (χ4n) is 15.4. The summed E-state index contributed by atoms with van der Waals surface area (Å²) in [5.74, 6) is 3.01. The van der Waals surface area contributed by atoms with Crippen molar-refractivity contribution in [3.05, 3.63) is 64.3 Å². The highest BCUT2D eigenvalue weighted by atomic mass is 19.1. The number of carbonyl (C=O) groups is 1. The van der Waals surface area contributed by atoms with Gasteiger partial charge in [0.05, 0.1) is 13.2 Å². The van der Waals surface area contributed by atoms with Gasteiger partial charge in [-0.1, -0.05) is 44.1 Å². The van der Waals surface area contributed by atoms with Crippen LogP contribution in [0.3, 0.4) is 0 Å². The second kappa shape index (κ2) is 14.6. The Morgan fingerprint density at radius 3 is 2.34 bits per heavy atom. The number of hydrogen-bond acceptors (Lipinski definition) is 6. The standard InChI is InChI=1S/C31H40FNO2.C20H27FO3/c1-31-20-27(21-5-9-24(10-6-21)35-18-17-33-15-3-2-4-16-33)30-25-12-8-23(34)19-22(25)7-11-26(30)28(31)13-14-29(31)32;1-17-6-5-15-13(14(17)2-3-16(17)21)4-7-18-12-19(22-10-11-23-19)8-9-20(15,18)24-18/h5-6,9-10,19,26-29H,2-4,7-8,11-18,20H2,1H3;5,13-14,16H,2-4,6-12H2,1H3/t26?,27-,28?,29-,31+;13?,14?,16-,17+,18-,20-/m11/s1. The summed E-state index contributed by atoms with van der Waals surface area (Å²) in [7, 11) is 0. The first-order chi connectivity index (χ1) is 28.6. The van der Waals surface area contributed by atoms with E-state index in [1.807, 2.05) is 6.08 Å². The largest absolute Gasteiger partial charge is 0.492 e. The van der Waals surface area contributed by atoms with Gasteiger partial charge in [-0.2, -0.15) is 0 Å². The summed E-state index contributed by atoms with van der Waals surface area (Å²) in [5, 5.41) is 0. The number of allylic oxidation sites excluding steroid dienone is 5. The lowest BCUT2D eigenvalue weighted by Crippen LogP contribution is -2.51. The molecule has 8 aliphatic carbocycles. The number of ether oxygens (including phenoxy) is 4. The summed E-state index contributed by atoms with van der Waals surface area (Å²) in [5.41, 5.74) is 6.58. The number of nitrogens with zero attached hydrogens (tertiary/aromatic N) is 1. The summed E-state index contributed by atoms with van der Waals surface area (Å²) >= 11 is 0. The zero-order chi connectivity index (χ0) is 40.2. The van der Waals surface area contributed by atoms with Crippen LogP contribution in [0.1, 0.15) is 141 Å². The van der Waals surface area contributed by atoms with Crippen molar-refractivity contribution in [1.82, 2.24) is 4.90 Å². The molecular weight excluding hydrogens is 745 g/mol. The van der Waals surface area contributed by atoms with Crippen LogP contribution < -0.4 is 4.74 Å². The van der Waals surface area contributed by atoms with E-state index in [1.54, 1.807) is 5.57 Å². The molecule has 5 saturated carbocycles. The summed E-state index contributed by atoms with van der Waals surface area (Å²) in [6.07, 6.45) is 20.8. The Balaban J connectivity index is 0.000000143. The Labute approximate surface area is 350 Å². The van der Waals surface area contributed by atoms with Crippen molar-refractivity contribution in [2.24, 2.45) is 34.5 Å². The van der Waals surface area contributed by atoms with Crippen LogP contribution in [-0.4, -0.2) is 79.5 Å². The van der Waals surface area contributed by atoms with Crippen molar-refractivity contribution in [2.75, 3.05) is 39.5 Å². The second-order valence-corrected chi connectivity index (χ2v) is 21.3. The van der Waals surface area contributed by atoms with E-state index in [0.717, 1.165) is 102 Å². The Kier molecular flexibility index (Phi) is 9.76. The van der Waals surface area contributed by atoms with Gasteiger partial charge in [0.25, 0.3) is 0 Å². The van der Waals surface area contributed by atoms with Crippen LogP contribution in [0.4, 0.5) is 8.78 Å². The van der Waals surface area contributed by atoms with Gasteiger partial charge in [-0.15, -0.1) is 0 Å². The number of fused-ring (bicyclic) bond motifs is 7. The molecule has 11 aliphatic rings. The Morgan fingerprint density at radius 2 is 1.56 bits per heavy atom. The van der Waals surface area contributed by atoms with Crippen LogP contribution in [0.5, 0.6) is 5.75 Å². The molecular formula is C51H67F2NO5. The maximum atomic E-state index is 15.3. The summed E-state index contributed by atoms with van der Waals surface area (Å²) in [6, 6.07) is 8.68. The average molecular weight is 812 g/mol. The maximum absolute atomic E-state index is 15.3. The Hall–Kier alpha value is -2.39. The SMILES string of the molecule is C[C@]12CC=C3C(CC[C@@]45CC6(CC[C@@]34O5)OCCO6)C1CC[C@H]2F.C[C@]12C[C@H](c3ccc(OCCN4CCCCC4)cc3)C3=C4CCC(=O)C=C4CCC3C1CC[C@H]2F. The van der Waals surface area contributed by atoms with Gasteiger partial charge in [-0.25, -0.2) is 8.78 Å². The molecule has 11 atom stereocenters. The topological polar surface area (TPSA) is 60.5 Å². The fourth-order valence-corrected chi connectivity index (χ4v) is 15.4. The van der Waals surface area contributed by atoms with E-state index >= 15 is 4.39 Å². The van der Waals surface area contributed by atoms with Gasteiger partial charge in [-0.3, -0.25) is 9.69 Å². The third-order valence-electron chi connectivity index (χ3n) is 18.6. The molecule has 0 aromatic heterocycles. The quantitative estimate of drug-likeness (QED) is 0.218. The van der Waals surface area contributed by atoms with Crippen molar-refractivity contribution in [3.8, 4) is 5.75 Å². The van der Waals surface area contributed by atoms with E-state index in [4.69, 9.17) is 18.9 Å². The van der Waals surface area contributed by atoms with Crippen molar-refractivity contribution in [2.45, 2.75) is 165 Å². The van der Waals surface area contributed by atoms with E-state index in [0.29, 0.717) is 49.7 Å². The summed E-state index contributed by atoms with van der Waals surface area (Å²) in [6.45, 7) is 9.95. The molecule has 1 aromatic rings. The minimum Gasteiger partial charge on any atom is -0.492 e. The van der Waals surface area contributed by atoms with Crippen LogP contribution in [0.25, 0.3) is 0 Å². The minimum absolute atomic E-state index is 0.0562. The number of likely N-dealkylation sites (tertiary alicyclic amines) is 1. The Bertz CT molecular complexity index is 1910. The molecule has 8 heteroatoms. The maximum Gasteiger partial charge on any atom is 0.171 e. The number of halogens is 2. The molecule has 3 heterocycles. The number of alkyl halides is 2. The third kappa shape index (κ3) is 6.27. The van der Waals surface area contributed by atoms with Gasteiger partial charge in [0, 0.05) is 42.6 Å². The molecule has 1 spiro atoms. The lowest BCUT2D eigenvalue weighted by molar-refractivity contribution is -0.185. The highest BCUT2D eigenvalue weighted by molar-refractivity contribution is 5.93. The first kappa shape index (κ1) is 39.5. The molecule has 320 valence electrons. The molecule has 4 unspecified atom stereocenters. The predicted molar refractivity (Wildman–Crippen MR) is 224 cm³/mol. The van der Waals surface area contributed by atoms with Crippen molar-refractivity contribution >= 4 is 5.78 Å². The Morgan fingerprint density at radius 1 is 0.814 bits per heavy atom. The van der Waals surface area contributed by atoms with Crippen molar-refractivity contribution in [3.63, 3.8) is 0 Å². The van der Waals surface area contributed by atoms with Crippen LogP contribution in [0.15, 0.2) is 58.7 Å². The van der Waals surface area contributed by atoms with Crippen LogP contribution in [0, 0.1) is 34.5 Å². The van der Waals surface area contributed by atoms with E-state index in [2.05, 4.69) is 49.1 Å².